The zero-order valence-corrected chi connectivity index (χ0v) is 11.9. The summed E-state index contributed by atoms with van der Waals surface area (Å²) in [5, 5.41) is 2.77. The van der Waals surface area contributed by atoms with E-state index >= 15 is 0 Å². The monoisotopic (exact) mass is 353 g/mol. The highest BCUT2D eigenvalue weighted by Gasteiger charge is 2.08. The minimum absolute atomic E-state index is 0.172. The molecule has 0 saturated heterocycles. The molecule has 0 bridgehead atoms. The topological polar surface area (TPSA) is 68.0 Å². The number of nitrogen functional groups attached to an aromatic ring is 1. The predicted octanol–water partition coefficient (Wildman–Crippen LogP) is 2.83. The van der Waals surface area contributed by atoms with Crippen LogP contribution in [0.5, 0.6) is 0 Å². The molecule has 0 aliphatic heterocycles. The van der Waals surface area contributed by atoms with Crippen LogP contribution in [0.1, 0.15) is 15.9 Å². The van der Waals surface area contributed by atoms with Crippen LogP contribution in [0.3, 0.4) is 0 Å². The minimum atomic E-state index is -0.172. The van der Waals surface area contributed by atoms with Crippen LogP contribution in [0.4, 0.5) is 11.5 Å². The van der Waals surface area contributed by atoms with E-state index in [4.69, 9.17) is 5.73 Å². The van der Waals surface area contributed by atoms with Crippen LogP contribution < -0.4 is 11.1 Å². The summed E-state index contributed by atoms with van der Waals surface area (Å²) < 4.78 is 1.02. The Kier molecular flexibility index (Phi) is 3.81. The van der Waals surface area contributed by atoms with Crippen LogP contribution in [0.25, 0.3) is 0 Å². The van der Waals surface area contributed by atoms with Gasteiger partial charge in [0.15, 0.2) is 0 Å². The molecule has 4 nitrogen and oxygen atoms in total. The number of rotatable bonds is 2. The molecule has 0 unspecified atom stereocenters. The van der Waals surface area contributed by atoms with Gasteiger partial charge in [0, 0.05) is 9.13 Å². The molecule has 0 spiro atoms. The third-order valence-corrected chi connectivity index (χ3v) is 3.09. The van der Waals surface area contributed by atoms with Gasteiger partial charge in [0.1, 0.15) is 5.82 Å². The fourth-order valence-corrected chi connectivity index (χ4v) is 2.08. The second-order valence-electron chi connectivity index (χ2n) is 3.90. The third kappa shape index (κ3) is 2.98. The van der Waals surface area contributed by atoms with E-state index in [0.717, 1.165) is 9.13 Å². The molecule has 5 heteroatoms. The summed E-state index contributed by atoms with van der Waals surface area (Å²) in [5.41, 5.74) is 7.65. The average Bonchev–Trinajstić information content (AvgIpc) is 2.32. The van der Waals surface area contributed by atoms with Gasteiger partial charge < -0.3 is 11.1 Å². The number of amides is 1. The number of benzene rings is 1. The number of anilines is 2. The van der Waals surface area contributed by atoms with E-state index in [-0.39, 0.29) is 5.91 Å². The van der Waals surface area contributed by atoms with Crippen molar-refractivity contribution in [3.63, 3.8) is 0 Å². The number of aryl methyl sites for hydroxylation is 1. The Hall–Kier alpha value is -1.63. The second-order valence-corrected chi connectivity index (χ2v) is 5.14. The first-order chi connectivity index (χ1) is 8.56. The van der Waals surface area contributed by atoms with E-state index in [1.165, 1.54) is 6.20 Å². The first-order valence-corrected chi connectivity index (χ1v) is 6.43. The lowest BCUT2D eigenvalue weighted by atomic mass is 10.2. The van der Waals surface area contributed by atoms with Gasteiger partial charge in [-0.25, -0.2) is 4.98 Å². The molecule has 92 valence electrons. The number of nitrogens with one attached hydrogen (secondary N) is 1. The van der Waals surface area contributed by atoms with Crippen LogP contribution in [0.2, 0.25) is 0 Å². The Bertz CT molecular complexity index is 599. The molecule has 0 aliphatic carbocycles. The number of hydrogen-bond donors (Lipinski definition) is 2. The van der Waals surface area contributed by atoms with Gasteiger partial charge in [-0.2, -0.15) is 0 Å². The number of pyridine rings is 1. The van der Waals surface area contributed by atoms with Crippen molar-refractivity contribution in [3.05, 3.63) is 51.2 Å². The molecule has 0 atom stereocenters. The molecule has 1 amide bonds. The highest BCUT2D eigenvalue weighted by atomic mass is 127. The molecule has 0 saturated carbocycles. The number of nitrogens with zero attached hydrogens (tertiary/aromatic N) is 1. The molecular formula is C13H12IN3O. The van der Waals surface area contributed by atoms with E-state index in [9.17, 15) is 4.79 Å². The number of hydrogen-bond acceptors (Lipinski definition) is 3. The maximum atomic E-state index is 12.0. The van der Waals surface area contributed by atoms with Crippen molar-refractivity contribution in [1.82, 2.24) is 4.98 Å². The van der Waals surface area contributed by atoms with Gasteiger partial charge >= 0.3 is 0 Å². The van der Waals surface area contributed by atoms with Gasteiger partial charge in [0.05, 0.1) is 11.9 Å². The quantitative estimate of drug-likeness (QED) is 0.816. The molecule has 2 aromatic rings. The minimum Gasteiger partial charge on any atom is -0.397 e. The Morgan fingerprint density at radius 2 is 2.17 bits per heavy atom. The van der Waals surface area contributed by atoms with Crippen molar-refractivity contribution < 1.29 is 4.79 Å². The summed E-state index contributed by atoms with van der Waals surface area (Å²) in [5.74, 6) is 0.363. The fraction of sp³-hybridized carbons (Fsp3) is 0.0769. The largest absolute Gasteiger partial charge is 0.397 e. The van der Waals surface area contributed by atoms with E-state index < -0.39 is 0 Å². The summed E-state index contributed by atoms with van der Waals surface area (Å²) in [6.45, 7) is 1.85. The Morgan fingerprint density at radius 1 is 1.39 bits per heavy atom. The third-order valence-electron chi connectivity index (χ3n) is 2.42. The lowest BCUT2D eigenvalue weighted by Crippen LogP contribution is -2.14. The van der Waals surface area contributed by atoms with E-state index in [1.807, 2.05) is 25.1 Å². The normalized spacial score (nSPS) is 10.1. The maximum absolute atomic E-state index is 12.0. The van der Waals surface area contributed by atoms with Gasteiger partial charge in [-0.05, 0) is 59.3 Å². The maximum Gasteiger partial charge on any atom is 0.256 e. The second kappa shape index (κ2) is 5.34. The fourth-order valence-electron chi connectivity index (χ4n) is 1.54. The van der Waals surface area contributed by atoms with E-state index in [2.05, 4.69) is 32.9 Å². The van der Waals surface area contributed by atoms with E-state index in [0.29, 0.717) is 17.1 Å². The first-order valence-electron chi connectivity index (χ1n) is 5.35. The standard InChI is InChI=1S/C13H12IN3O/c1-8-5-11(15)7-16-12(8)17-13(18)9-3-2-4-10(14)6-9/h2-7H,15H2,1H3,(H,16,17,18). The van der Waals surface area contributed by atoms with Gasteiger partial charge in [0.2, 0.25) is 0 Å². The number of carbonyl (C=O) groups excluding carboxylic acids is 1. The number of carbonyl (C=O) groups is 1. The molecule has 1 heterocycles. The molecule has 1 aromatic carbocycles. The molecule has 2 rings (SSSR count). The first kappa shape index (κ1) is 12.8. The highest BCUT2D eigenvalue weighted by molar-refractivity contribution is 14.1. The number of halogens is 1. The predicted molar refractivity (Wildman–Crippen MR) is 80.5 cm³/mol. The summed E-state index contributed by atoms with van der Waals surface area (Å²) in [4.78, 5) is 16.1. The van der Waals surface area contributed by atoms with Crippen LogP contribution in [0.15, 0.2) is 36.5 Å². The zero-order chi connectivity index (χ0) is 13.1. The number of aromatic nitrogens is 1. The lowest BCUT2D eigenvalue weighted by Gasteiger charge is -2.08. The summed E-state index contributed by atoms with van der Waals surface area (Å²) in [7, 11) is 0. The molecular weight excluding hydrogens is 341 g/mol. The molecule has 3 N–H and O–H groups in total. The molecule has 0 radical (unpaired) electrons. The van der Waals surface area contributed by atoms with Crippen molar-refractivity contribution in [1.29, 1.82) is 0 Å². The smallest absolute Gasteiger partial charge is 0.256 e. The van der Waals surface area contributed by atoms with Crippen molar-refractivity contribution in [3.8, 4) is 0 Å². The van der Waals surface area contributed by atoms with Gasteiger partial charge in [0.25, 0.3) is 5.91 Å². The molecule has 1 aromatic heterocycles. The van der Waals surface area contributed by atoms with Crippen molar-refractivity contribution in [2.24, 2.45) is 0 Å². The van der Waals surface area contributed by atoms with Gasteiger partial charge in [-0.15, -0.1) is 0 Å². The molecule has 18 heavy (non-hydrogen) atoms. The molecule has 0 aliphatic rings. The van der Waals surface area contributed by atoms with E-state index in [1.54, 1.807) is 12.1 Å². The molecule has 0 fully saturated rings. The van der Waals surface area contributed by atoms with Crippen molar-refractivity contribution in [2.75, 3.05) is 11.1 Å². The van der Waals surface area contributed by atoms with Crippen LogP contribution in [0, 0.1) is 10.5 Å². The van der Waals surface area contributed by atoms with Gasteiger partial charge in [-0.1, -0.05) is 6.07 Å². The Labute approximate surface area is 119 Å². The van der Waals surface area contributed by atoms with Crippen LogP contribution in [-0.2, 0) is 0 Å². The van der Waals surface area contributed by atoms with Gasteiger partial charge in [-0.3, -0.25) is 4.79 Å². The van der Waals surface area contributed by atoms with Crippen molar-refractivity contribution in [2.45, 2.75) is 6.92 Å². The Balaban J connectivity index is 2.21. The summed E-state index contributed by atoms with van der Waals surface area (Å²) in [6, 6.07) is 9.15. The SMILES string of the molecule is Cc1cc(N)cnc1NC(=O)c1cccc(I)c1. The van der Waals surface area contributed by atoms with Crippen LogP contribution >= 0.6 is 22.6 Å². The van der Waals surface area contributed by atoms with Crippen molar-refractivity contribution >= 4 is 40.0 Å². The Morgan fingerprint density at radius 3 is 2.83 bits per heavy atom. The highest BCUT2D eigenvalue weighted by Crippen LogP contribution is 2.15. The average molecular weight is 353 g/mol. The summed E-state index contributed by atoms with van der Waals surface area (Å²) in [6.07, 6.45) is 1.53. The van der Waals surface area contributed by atoms with Crippen LogP contribution in [-0.4, -0.2) is 10.9 Å². The lowest BCUT2D eigenvalue weighted by molar-refractivity contribution is 0.102. The number of nitrogens with two attached hydrogens (primary N) is 1. The zero-order valence-electron chi connectivity index (χ0n) is 9.77. The summed E-state index contributed by atoms with van der Waals surface area (Å²) >= 11 is 2.17.